The van der Waals surface area contributed by atoms with Gasteiger partial charge in [0.15, 0.2) is 0 Å². The fourth-order valence-electron chi connectivity index (χ4n) is 0.874. The molecular weight excluding hydrogens is 170 g/mol. The molecule has 1 amide bonds. The van der Waals surface area contributed by atoms with Gasteiger partial charge in [-0.3, -0.25) is 4.79 Å². The number of aliphatic hydroxyl groups is 1. The monoisotopic (exact) mass is 181 g/mol. The van der Waals surface area contributed by atoms with Gasteiger partial charge in [0.25, 0.3) is 5.91 Å². The molecule has 0 spiro atoms. The molecule has 13 heavy (non-hydrogen) atoms. The van der Waals surface area contributed by atoms with Crippen LogP contribution in [0.4, 0.5) is 5.82 Å². The fourth-order valence-corrected chi connectivity index (χ4v) is 0.874. The number of amides is 1. The molecule has 0 aliphatic heterocycles. The highest BCUT2D eigenvalue weighted by Crippen LogP contribution is 2.05. The molecule has 5 nitrogen and oxygen atoms in total. The molecule has 1 aromatic rings. The van der Waals surface area contributed by atoms with Gasteiger partial charge >= 0.3 is 0 Å². The largest absolute Gasteiger partial charge is 0.395 e. The highest BCUT2D eigenvalue weighted by atomic mass is 16.3. The molecule has 70 valence electrons. The summed E-state index contributed by atoms with van der Waals surface area (Å²) in [5, 5.41) is 11.0. The molecule has 0 atom stereocenters. The zero-order chi connectivity index (χ0) is 9.68. The van der Waals surface area contributed by atoms with Crippen molar-refractivity contribution < 1.29 is 9.90 Å². The van der Waals surface area contributed by atoms with Crippen molar-refractivity contribution in [1.29, 1.82) is 0 Å². The van der Waals surface area contributed by atoms with Gasteiger partial charge in [0.2, 0.25) is 0 Å². The van der Waals surface area contributed by atoms with Gasteiger partial charge < -0.3 is 16.2 Å². The average Bonchev–Trinajstić information content (AvgIpc) is 2.15. The van der Waals surface area contributed by atoms with Crippen molar-refractivity contribution in [3.63, 3.8) is 0 Å². The normalized spacial score (nSPS) is 9.62. The summed E-state index contributed by atoms with van der Waals surface area (Å²) in [7, 11) is 0. The Bertz CT molecular complexity index is 301. The first kappa shape index (κ1) is 9.47. The van der Waals surface area contributed by atoms with E-state index in [0.29, 0.717) is 5.56 Å². The van der Waals surface area contributed by atoms with Crippen molar-refractivity contribution in [3.8, 4) is 0 Å². The van der Waals surface area contributed by atoms with Crippen LogP contribution >= 0.6 is 0 Å². The average molecular weight is 181 g/mol. The molecule has 0 unspecified atom stereocenters. The van der Waals surface area contributed by atoms with Crippen LogP contribution < -0.4 is 11.1 Å². The molecule has 0 aliphatic carbocycles. The van der Waals surface area contributed by atoms with Crippen LogP contribution in [0.3, 0.4) is 0 Å². The number of nitrogens with one attached hydrogen (secondary N) is 1. The molecule has 1 heterocycles. The Morgan fingerprint density at radius 1 is 1.69 bits per heavy atom. The summed E-state index contributed by atoms with van der Waals surface area (Å²) in [6.07, 6.45) is 1.51. The van der Waals surface area contributed by atoms with Gasteiger partial charge in [-0.2, -0.15) is 0 Å². The number of rotatable bonds is 3. The second-order valence-electron chi connectivity index (χ2n) is 2.42. The topological polar surface area (TPSA) is 88.2 Å². The summed E-state index contributed by atoms with van der Waals surface area (Å²) in [5.41, 5.74) is 5.79. The standard InChI is InChI=1S/C8H11N3O2/c9-7-6(2-1-3-10-7)8(13)11-4-5-12/h1-3,12H,4-5H2,(H2,9,10)(H,11,13). The first-order valence-corrected chi connectivity index (χ1v) is 3.85. The number of hydrogen-bond donors (Lipinski definition) is 3. The van der Waals surface area contributed by atoms with E-state index < -0.39 is 0 Å². The molecule has 0 saturated heterocycles. The van der Waals surface area contributed by atoms with E-state index in [1.165, 1.54) is 6.20 Å². The van der Waals surface area contributed by atoms with Gasteiger partial charge in [-0.05, 0) is 12.1 Å². The first-order valence-electron chi connectivity index (χ1n) is 3.85. The lowest BCUT2D eigenvalue weighted by Crippen LogP contribution is -2.27. The van der Waals surface area contributed by atoms with Crippen molar-refractivity contribution in [2.75, 3.05) is 18.9 Å². The summed E-state index contributed by atoms with van der Waals surface area (Å²) in [6, 6.07) is 3.21. The maximum Gasteiger partial charge on any atom is 0.255 e. The third-order valence-corrected chi connectivity index (χ3v) is 1.48. The summed E-state index contributed by atoms with van der Waals surface area (Å²) in [6.45, 7) is 0.124. The molecule has 0 radical (unpaired) electrons. The van der Waals surface area contributed by atoms with E-state index in [-0.39, 0.29) is 24.9 Å². The zero-order valence-electron chi connectivity index (χ0n) is 7.03. The van der Waals surface area contributed by atoms with E-state index in [1.54, 1.807) is 12.1 Å². The maximum atomic E-state index is 11.3. The number of hydrogen-bond acceptors (Lipinski definition) is 4. The van der Waals surface area contributed by atoms with Crippen LogP contribution in [0.5, 0.6) is 0 Å². The smallest absolute Gasteiger partial charge is 0.255 e. The molecule has 4 N–H and O–H groups in total. The molecule has 5 heteroatoms. The number of nitrogens with two attached hydrogens (primary N) is 1. The second kappa shape index (κ2) is 4.42. The minimum Gasteiger partial charge on any atom is -0.395 e. The van der Waals surface area contributed by atoms with E-state index in [9.17, 15) is 4.79 Å². The van der Waals surface area contributed by atoms with Crippen LogP contribution in [0.25, 0.3) is 0 Å². The highest BCUT2D eigenvalue weighted by Gasteiger charge is 2.07. The van der Waals surface area contributed by atoms with Crippen molar-refractivity contribution >= 4 is 11.7 Å². The lowest BCUT2D eigenvalue weighted by molar-refractivity contribution is 0.0945. The third kappa shape index (κ3) is 2.41. The van der Waals surface area contributed by atoms with Crippen molar-refractivity contribution in [1.82, 2.24) is 10.3 Å². The Morgan fingerprint density at radius 2 is 2.46 bits per heavy atom. The van der Waals surface area contributed by atoms with Crippen LogP contribution in [0.15, 0.2) is 18.3 Å². The molecule has 1 rings (SSSR count). The Hall–Kier alpha value is -1.62. The van der Waals surface area contributed by atoms with E-state index in [1.807, 2.05) is 0 Å². The number of aromatic nitrogens is 1. The Morgan fingerprint density at radius 3 is 3.08 bits per heavy atom. The van der Waals surface area contributed by atoms with Gasteiger partial charge in [0, 0.05) is 12.7 Å². The molecular formula is C8H11N3O2. The molecule has 0 bridgehead atoms. The fraction of sp³-hybridized carbons (Fsp3) is 0.250. The Labute approximate surface area is 75.6 Å². The van der Waals surface area contributed by atoms with Gasteiger partial charge in [-0.25, -0.2) is 4.98 Å². The number of carbonyl (C=O) groups is 1. The summed E-state index contributed by atoms with van der Waals surface area (Å²) in [5.74, 6) is -0.127. The molecule has 0 aliphatic rings. The van der Waals surface area contributed by atoms with Crippen molar-refractivity contribution in [2.24, 2.45) is 0 Å². The van der Waals surface area contributed by atoms with Gasteiger partial charge in [-0.15, -0.1) is 0 Å². The van der Waals surface area contributed by atoms with Crippen molar-refractivity contribution in [2.45, 2.75) is 0 Å². The number of nitrogen functional groups attached to an aromatic ring is 1. The summed E-state index contributed by atoms with van der Waals surface area (Å²) >= 11 is 0. The van der Waals surface area contributed by atoms with Crippen LogP contribution in [-0.2, 0) is 0 Å². The highest BCUT2D eigenvalue weighted by molar-refractivity contribution is 5.98. The SMILES string of the molecule is Nc1ncccc1C(=O)NCCO. The molecule has 0 aromatic carbocycles. The van der Waals surface area contributed by atoms with E-state index in [2.05, 4.69) is 10.3 Å². The first-order chi connectivity index (χ1) is 6.25. The van der Waals surface area contributed by atoms with E-state index in [4.69, 9.17) is 10.8 Å². The minimum atomic E-state index is -0.320. The third-order valence-electron chi connectivity index (χ3n) is 1.48. The Kier molecular flexibility index (Phi) is 3.22. The minimum absolute atomic E-state index is 0.0914. The van der Waals surface area contributed by atoms with Crippen molar-refractivity contribution in [3.05, 3.63) is 23.9 Å². The predicted molar refractivity (Wildman–Crippen MR) is 48.1 cm³/mol. The number of aliphatic hydroxyl groups excluding tert-OH is 1. The van der Waals surface area contributed by atoms with E-state index in [0.717, 1.165) is 0 Å². The lowest BCUT2D eigenvalue weighted by Gasteiger charge is -2.04. The molecule has 1 aromatic heterocycles. The molecule has 0 saturated carbocycles. The van der Waals surface area contributed by atoms with Gasteiger partial charge in [0.05, 0.1) is 12.2 Å². The van der Waals surface area contributed by atoms with Gasteiger partial charge in [-0.1, -0.05) is 0 Å². The Balaban J connectivity index is 2.71. The summed E-state index contributed by atoms with van der Waals surface area (Å²) in [4.78, 5) is 15.0. The predicted octanol–water partition coefficient (Wildman–Crippen LogP) is -0.614. The quantitative estimate of drug-likeness (QED) is 0.580. The van der Waals surface area contributed by atoms with Crippen LogP contribution in [0, 0.1) is 0 Å². The van der Waals surface area contributed by atoms with Crippen LogP contribution in [0.2, 0.25) is 0 Å². The van der Waals surface area contributed by atoms with Crippen LogP contribution in [0.1, 0.15) is 10.4 Å². The number of anilines is 1. The van der Waals surface area contributed by atoms with E-state index >= 15 is 0 Å². The number of pyridine rings is 1. The van der Waals surface area contributed by atoms with Gasteiger partial charge in [0.1, 0.15) is 5.82 Å². The lowest BCUT2D eigenvalue weighted by atomic mass is 10.2. The zero-order valence-corrected chi connectivity index (χ0v) is 7.03. The maximum absolute atomic E-state index is 11.3. The number of carbonyl (C=O) groups excluding carboxylic acids is 1. The van der Waals surface area contributed by atoms with Crippen LogP contribution in [-0.4, -0.2) is 29.1 Å². The molecule has 0 fully saturated rings. The number of nitrogens with zero attached hydrogens (tertiary/aromatic N) is 1. The second-order valence-corrected chi connectivity index (χ2v) is 2.42. The summed E-state index contributed by atoms with van der Waals surface area (Å²) < 4.78 is 0.